The highest BCUT2D eigenvalue weighted by Crippen LogP contribution is 2.26. The number of nitrogens with one attached hydrogen (secondary N) is 1. The van der Waals surface area contributed by atoms with Crippen molar-refractivity contribution in [2.45, 2.75) is 6.92 Å². The second-order valence-corrected chi connectivity index (χ2v) is 4.30. The van der Waals surface area contributed by atoms with Gasteiger partial charge in [-0.3, -0.25) is 10.1 Å². The first kappa shape index (κ1) is 9.69. The number of hydrogen-bond acceptors (Lipinski definition) is 3. The van der Waals surface area contributed by atoms with Crippen molar-refractivity contribution in [1.29, 1.82) is 5.26 Å². The van der Waals surface area contributed by atoms with Crippen LogP contribution in [0.5, 0.6) is 0 Å². The van der Waals surface area contributed by atoms with Gasteiger partial charge in [0.05, 0.1) is 4.88 Å². The molecule has 15 heavy (non-hydrogen) atoms. The molecule has 4 heteroatoms. The standard InChI is InChI=1S/C11H8N2OS/c1-7-2-3-9-8(4-7)5-10(15-9)11(14)13-6-12/h2-5H,1H3,(H,13,14). The number of thiophene rings is 1. The molecule has 3 nitrogen and oxygen atoms in total. The number of carbonyl (C=O) groups is 1. The molecule has 0 bridgehead atoms. The molecule has 0 saturated heterocycles. The van der Waals surface area contributed by atoms with Crippen LogP contribution >= 0.6 is 11.3 Å². The first-order valence-corrected chi connectivity index (χ1v) is 5.22. The zero-order chi connectivity index (χ0) is 10.8. The lowest BCUT2D eigenvalue weighted by atomic mass is 10.2. The minimum absolute atomic E-state index is 0.337. The Bertz CT molecular complexity index is 565. The normalized spacial score (nSPS) is 9.87. The van der Waals surface area contributed by atoms with E-state index in [2.05, 4.69) is 5.32 Å². The predicted molar refractivity (Wildman–Crippen MR) is 59.6 cm³/mol. The Labute approximate surface area is 91.0 Å². The second kappa shape index (κ2) is 3.71. The van der Waals surface area contributed by atoms with E-state index in [9.17, 15) is 4.79 Å². The highest BCUT2D eigenvalue weighted by atomic mass is 32.1. The molecule has 2 aromatic rings. The molecule has 74 valence electrons. The summed E-state index contributed by atoms with van der Waals surface area (Å²) < 4.78 is 1.06. The van der Waals surface area contributed by atoms with Crippen molar-refractivity contribution in [3.63, 3.8) is 0 Å². The summed E-state index contributed by atoms with van der Waals surface area (Å²) in [6.45, 7) is 2.01. The summed E-state index contributed by atoms with van der Waals surface area (Å²) in [7, 11) is 0. The van der Waals surface area contributed by atoms with E-state index < -0.39 is 0 Å². The summed E-state index contributed by atoms with van der Waals surface area (Å²) in [6, 6.07) is 7.82. The van der Waals surface area contributed by atoms with E-state index >= 15 is 0 Å². The van der Waals surface area contributed by atoms with Gasteiger partial charge in [0.15, 0.2) is 6.19 Å². The average Bonchev–Trinajstić information content (AvgIpc) is 2.60. The molecule has 0 aliphatic rings. The highest BCUT2D eigenvalue weighted by molar-refractivity contribution is 7.20. The SMILES string of the molecule is Cc1ccc2sc(C(=O)NC#N)cc2c1. The molecule has 1 aromatic heterocycles. The van der Waals surface area contributed by atoms with Gasteiger partial charge in [-0.15, -0.1) is 11.3 Å². The van der Waals surface area contributed by atoms with E-state index in [0.29, 0.717) is 4.88 Å². The van der Waals surface area contributed by atoms with Gasteiger partial charge >= 0.3 is 0 Å². The van der Waals surface area contributed by atoms with Crippen molar-refractivity contribution >= 4 is 27.3 Å². The van der Waals surface area contributed by atoms with E-state index in [-0.39, 0.29) is 5.91 Å². The Kier molecular flexibility index (Phi) is 2.40. The van der Waals surface area contributed by atoms with Gasteiger partial charge in [-0.1, -0.05) is 17.7 Å². The summed E-state index contributed by atoms with van der Waals surface area (Å²) in [4.78, 5) is 11.9. The van der Waals surface area contributed by atoms with Crippen LogP contribution in [0.15, 0.2) is 24.3 Å². The lowest BCUT2D eigenvalue weighted by molar-refractivity contribution is 0.0977. The van der Waals surface area contributed by atoms with E-state index in [4.69, 9.17) is 5.26 Å². The van der Waals surface area contributed by atoms with Crippen molar-refractivity contribution in [2.24, 2.45) is 0 Å². The molecule has 0 unspecified atom stereocenters. The maximum Gasteiger partial charge on any atom is 0.274 e. The third-order valence-electron chi connectivity index (χ3n) is 2.07. The molecule has 0 saturated carbocycles. The predicted octanol–water partition coefficient (Wildman–Crippen LogP) is 2.42. The largest absolute Gasteiger partial charge is 0.274 e. The molecule has 2 rings (SSSR count). The van der Waals surface area contributed by atoms with Crippen LogP contribution in [-0.4, -0.2) is 5.91 Å². The van der Waals surface area contributed by atoms with Crippen LogP contribution in [0.4, 0.5) is 0 Å². The fourth-order valence-electron chi connectivity index (χ4n) is 1.39. The Morgan fingerprint density at radius 1 is 1.47 bits per heavy atom. The van der Waals surface area contributed by atoms with Crippen LogP contribution in [-0.2, 0) is 0 Å². The van der Waals surface area contributed by atoms with Crippen molar-refractivity contribution in [2.75, 3.05) is 0 Å². The molecule has 1 aromatic carbocycles. The lowest BCUT2D eigenvalue weighted by Crippen LogP contribution is -2.15. The van der Waals surface area contributed by atoms with E-state index in [0.717, 1.165) is 15.6 Å². The topological polar surface area (TPSA) is 52.9 Å². The van der Waals surface area contributed by atoms with E-state index in [1.54, 1.807) is 12.3 Å². The summed E-state index contributed by atoms with van der Waals surface area (Å²) >= 11 is 1.39. The highest BCUT2D eigenvalue weighted by Gasteiger charge is 2.09. The van der Waals surface area contributed by atoms with Gasteiger partial charge in [0.2, 0.25) is 0 Å². The first-order valence-electron chi connectivity index (χ1n) is 4.40. The number of aryl methyl sites for hydroxylation is 1. The van der Waals surface area contributed by atoms with Crippen molar-refractivity contribution < 1.29 is 4.79 Å². The lowest BCUT2D eigenvalue weighted by Gasteiger charge is -1.89. The maximum absolute atomic E-state index is 11.4. The van der Waals surface area contributed by atoms with Crippen LogP contribution in [0.1, 0.15) is 15.2 Å². The van der Waals surface area contributed by atoms with Crippen molar-refractivity contribution in [1.82, 2.24) is 5.32 Å². The Hall–Kier alpha value is -1.86. The molecular weight excluding hydrogens is 208 g/mol. The van der Waals surface area contributed by atoms with Gasteiger partial charge in [-0.2, -0.15) is 5.26 Å². The summed E-state index contributed by atoms with van der Waals surface area (Å²) in [5.74, 6) is -0.337. The molecule has 0 atom stereocenters. The number of rotatable bonds is 1. The Morgan fingerprint density at radius 3 is 3.00 bits per heavy atom. The Morgan fingerprint density at radius 2 is 2.27 bits per heavy atom. The van der Waals surface area contributed by atoms with Gasteiger partial charge in [-0.05, 0) is 24.4 Å². The van der Waals surface area contributed by atoms with Crippen LogP contribution in [0.25, 0.3) is 10.1 Å². The number of fused-ring (bicyclic) bond motifs is 1. The number of nitrogens with zero attached hydrogens (tertiary/aromatic N) is 1. The minimum Gasteiger partial charge on any atom is -0.267 e. The molecule has 1 amide bonds. The van der Waals surface area contributed by atoms with Gasteiger partial charge in [-0.25, -0.2) is 0 Å². The fourth-order valence-corrected chi connectivity index (χ4v) is 2.33. The minimum atomic E-state index is -0.337. The number of hydrogen-bond donors (Lipinski definition) is 1. The first-order chi connectivity index (χ1) is 7.20. The third kappa shape index (κ3) is 1.83. The molecule has 0 fully saturated rings. The average molecular weight is 216 g/mol. The third-order valence-corrected chi connectivity index (χ3v) is 3.18. The molecule has 1 heterocycles. The zero-order valence-corrected chi connectivity index (χ0v) is 8.89. The summed E-state index contributed by atoms with van der Waals surface area (Å²) in [6.07, 6.45) is 1.63. The number of nitriles is 1. The van der Waals surface area contributed by atoms with Crippen LogP contribution in [0.2, 0.25) is 0 Å². The number of carbonyl (C=O) groups excluding carboxylic acids is 1. The van der Waals surface area contributed by atoms with Gasteiger partial charge in [0.1, 0.15) is 0 Å². The monoisotopic (exact) mass is 216 g/mol. The summed E-state index contributed by atoms with van der Waals surface area (Å²) in [5, 5.41) is 11.5. The number of benzene rings is 1. The maximum atomic E-state index is 11.4. The zero-order valence-electron chi connectivity index (χ0n) is 8.07. The Balaban J connectivity index is 2.48. The quantitative estimate of drug-likeness (QED) is 0.588. The molecule has 1 N–H and O–H groups in total. The number of amides is 1. The van der Waals surface area contributed by atoms with Crippen molar-refractivity contribution in [3.8, 4) is 6.19 Å². The molecule has 0 aliphatic heterocycles. The van der Waals surface area contributed by atoms with Gasteiger partial charge in [0.25, 0.3) is 5.91 Å². The molecular formula is C11H8N2OS. The summed E-state index contributed by atoms with van der Waals surface area (Å²) in [5.41, 5.74) is 1.16. The molecule has 0 aliphatic carbocycles. The van der Waals surface area contributed by atoms with E-state index in [1.807, 2.05) is 25.1 Å². The smallest absolute Gasteiger partial charge is 0.267 e. The van der Waals surface area contributed by atoms with Gasteiger partial charge in [0, 0.05) is 4.70 Å². The second-order valence-electron chi connectivity index (χ2n) is 3.22. The molecule has 0 radical (unpaired) electrons. The van der Waals surface area contributed by atoms with Gasteiger partial charge < -0.3 is 0 Å². The molecule has 0 spiro atoms. The van der Waals surface area contributed by atoms with Crippen LogP contribution in [0, 0.1) is 18.4 Å². The van der Waals surface area contributed by atoms with E-state index in [1.165, 1.54) is 11.3 Å². The van der Waals surface area contributed by atoms with Crippen LogP contribution in [0.3, 0.4) is 0 Å². The fraction of sp³-hybridized carbons (Fsp3) is 0.0909. The van der Waals surface area contributed by atoms with Crippen LogP contribution < -0.4 is 5.32 Å². The van der Waals surface area contributed by atoms with Crippen molar-refractivity contribution in [3.05, 3.63) is 34.7 Å².